The van der Waals surface area contributed by atoms with Crippen molar-refractivity contribution in [2.45, 2.75) is 26.4 Å². The number of likely N-dealkylation sites (N-methyl/N-ethyl adjacent to an activating group) is 1. The number of ether oxygens (including phenoxy) is 2. The highest BCUT2D eigenvalue weighted by Gasteiger charge is 2.20. The van der Waals surface area contributed by atoms with Gasteiger partial charge in [0.05, 0.1) is 12.7 Å². The molecule has 0 aliphatic heterocycles. The first-order valence-corrected chi connectivity index (χ1v) is 6.57. The monoisotopic (exact) mass is 296 g/mol. The van der Waals surface area contributed by atoms with Gasteiger partial charge in [-0.1, -0.05) is 0 Å². The van der Waals surface area contributed by atoms with Crippen LogP contribution in [0.1, 0.15) is 20.8 Å². The van der Waals surface area contributed by atoms with Crippen LogP contribution in [0.15, 0.2) is 18.5 Å². The van der Waals surface area contributed by atoms with E-state index in [1.165, 1.54) is 23.4 Å². The molecule has 0 radical (unpaired) electrons. The molecule has 0 atom stereocenters. The van der Waals surface area contributed by atoms with E-state index in [-0.39, 0.29) is 17.8 Å². The van der Waals surface area contributed by atoms with Gasteiger partial charge in [-0.2, -0.15) is 0 Å². The predicted octanol–water partition coefficient (Wildman–Crippen LogP) is 0.00710. The van der Waals surface area contributed by atoms with Gasteiger partial charge in [-0.3, -0.25) is 4.98 Å². The summed E-state index contributed by atoms with van der Waals surface area (Å²) >= 11 is 0. The van der Waals surface area contributed by atoms with E-state index >= 15 is 0 Å². The maximum absolute atomic E-state index is 11.7. The molecule has 0 unspecified atom stereocenters. The SMILES string of the molecule is CN(CCOc1cnccc1B(O)O)C(=O)OC(C)(C)C. The van der Waals surface area contributed by atoms with Crippen LogP contribution in [0.2, 0.25) is 0 Å². The highest BCUT2D eigenvalue weighted by molar-refractivity contribution is 6.59. The molecule has 1 aromatic heterocycles. The van der Waals surface area contributed by atoms with Crippen molar-refractivity contribution in [2.24, 2.45) is 0 Å². The summed E-state index contributed by atoms with van der Waals surface area (Å²) in [6.45, 7) is 5.85. The van der Waals surface area contributed by atoms with Crippen molar-refractivity contribution in [3.05, 3.63) is 18.5 Å². The number of pyridine rings is 1. The Morgan fingerprint density at radius 3 is 2.67 bits per heavy atom. The van der Waals surface area contributed by atoms with E-state index in [0.29, 0.717) is 6.54 Å². The van der Waals surface area contributed by atoms with Gasteiger partial charge in [-0.25, -0.2) is 4.79 Å². The van der Waals surface area contributed by atoms with Crippen LogP contribution in [0.4, 0.5) is 4.79 Å². The topological polar surface area (TPSA) is 92.1 Å². The molecule has 2 N–H and O–H groups in total. The minimum atomic E-state index is -1.63. The van der Waals surface area contributed by atoms with Gasteiger partial charge >= 0.3 is 13.2 Å². The van der Waals surface area contributed by atoms with E-state index in [1.807, 2.05) is 0 Å². The number of amides is 1. The lowest BCUT2D eigenvalue weighted by molar-refractivity contribution is 0.0278. The van der Waals surface area contributed by atoms with Crippen LogP contribution in [0.3, 0.4) is 0 Å². The van der Waals surface area contributed by atoms with Gasteiger partial charge in [-0.15, -0.1) is 0 Å². The Kier molecular flexibility index (Phi) is 5.98. The third-order valence-electron chi connectivity index (χ3n) is 2.48. The van der Waals surface area contributed by atoms with Crippen LogP contribution in [0, 0.1) is 0 Å². The van der Waals surface area contributed by atoms with Gasteiger partial charge in [0, 0.05) is 18.7 Å². The first-order valence-electron chi connectivity index (χ1n) is 6.57. The Hall–Kier alpha value is -1.80. The number of nitrogens with zero attached hydrogens (tertiary/aromatic N) is 2. The van der Waals surface area contributed by atoms with Gasteiger partial charge in [-0.05, 0) is 26.8 Å². The lowest BCUT2D eigenvalue weighted by Crippen LogP contribution is -2.37. The molecule has 1 rings (SSSR count). The van der Waals surface area contributed by atoms with E-state index in [0.717, 1.165) is 0 Å². The normalized spacial score (nSPS) is 11.0. The average molecular weight is 296 g/mol. The van der Waals surface area contributed by atoms with Gasteiger partial charge in [0.25, 0.3) is 0 Å². The lowest BCUT2D eigenvalue weighted by atomic mass is 9.80. The molecule has 1 aromatic rings. The quantitative estimate of drug-likeness (QED) is 0.744. The fraction of sp³-hybridized carbons (Fsp3) is 0.538. The Balaban J connectivity index is 2.49. The minimum Gasteiger partial charge on any atom is -0.490 e. The largest absolute Gasteiger partial charge is 0.492 e. The lowest BCUT2D eigenvalue weighted by Gasteiger charge is -2.24. The summed E-state index contributed by atoms with van der Waals surface area (Å²) in [6, 6.07) is 1.46. The molecule has 1 amide bonds. The molecule has 0 fully saturated rings. The van der Waals surface area contributed by atoms with E-state index in [4.69, 9.17) is 9.47 Å². The summed E-state index contributed by atoms with van der Waals surface area (Å²) in [6.07, 6.45) is 2.39. The molecule has 0 saturated carbocycles. The molecule has 8 heteroatoms. The van der Waals surface area contributed by atoms with Gasteiger partial charge in [0.15, 0.2) is 0 Å². The van der Waals surface area contributed by atoms with E-state index in [2.05, 4.69) is 4.98 Å². The van der Waals surface area contributed by atoms with E-state index in [1.54, 1.807) is 27.8 Å². The number of rotatable bonds is 5. The number of hydrogen-bond acceptors (Lipinski definition) is 6. The zero-order valence-corrected chi connectivity index (χ0v) is 12.7. The summed E-state index contributed by atoms with van der Waals surface area (Å²) < 4.78 is 10.6. The van der Waals surface area contributed by atoms with Crippen molar-refractivity contribution in [3.8, 4) is 5.75 Å². The first-order chi connectivity index (χ1) is 9.70. The van der Waals surface area contributed by atoms with Crippen molar-refractivity contribution < 1.29 is 24.3 Å². The van der Waals surface area contributed by atoms with Gasteiger partial charge in [0.1, 0.15) is 18.0 Å². The van der Waals surface area contributed by atoms with Crippen molar-refractivity contribution in [2.75, 3.05) is 20.2 Å². The highest BCUT2D eigenvalue weighted by atomic mass is 16.6. The summed E-state index contributed by atoms with van der Waals surface area (Å²) in [5.74, 6) is 0.269. The van der Waals surface area contributed by atoms with E-state index in [9.17, 15) is 14.8 Å². The molecule has 0 saturated heterocycles. The Labute approximate surface area is 124 Å². The molecule has 0 aliphatic carbocycles. The number of carbonyl (C=O) groups excluding carboxylic acids is 1. The van der Waals surface area contributed by atoms with Gasteiger partial charge < -0.3 is 24.4 Å². The Morgan fingerprint density at radius 2 is 2.10 bits per heavy atom. The summed E-state index contributed by atoms with van der Waals surface area (Å²) in [7, 11) is -0.0331. The van der Waals surface area contributed by atoms with Crippen molar-refractivity contribution in [1.29, 1.82) is 0 Å². The van der Waals surface area contributed by atoms with Crippen LogP contribution in [0.5, 0.6) is 5.75 Å². The fourth-order valence-electron chi connectivity index (χ4n) is 1.45. The second-order valence-electron chi connectivity index (χ2n) is 5.54. The zero-order valence-electron chi connectivity index (χ0n) is 12.7. The third-order valence-corrected chi connectivity index (χ3v) is 2.48. The molecule has 0 aliphatic rings. The maximum atomic E-state index is 11.7. The van der Waals surface area contributed by atoms with Crippen LogP contribution in [0.25, 0.3) is 0 Å². The van der Waals surface area contributed by atoms with Crippen molar-refractivity contribution >= 4 is 18.7 Å². The molecule has 0 bridgehead atoms. The van der Waals surface area contributed by atoms with Crippen LogP contribution >= 0.6 is 0 Å². The third kappa shape index (κ3) is 6.01. The van der Waals surface area contributed by atoms with Crippen molar-refractivity contribution in [1.82, 2.24) is 9.88 Å². The number of carbonyl (C=O) groups is 1. The fourth-order valence-corrected chi connectivity index (χ4v) is 1.45. The molecule has 1 heterocycles. The molecular formula is C13H21BN2O5. The van der Waals surface area contributed by atoms with E-state index < -0.39 is 18.8 Å². The van der Waals surface area contributed by atoms with Crippen LogP contribution in [-0.2, 0) is 4.74 Å². The summed E-state index contributed by atoms with van der Waals surface area (Å²) in [5, 5.41) is 18.4. The summed E-state index contributed by atoms with van der Waals surface area (Å²) in [5.41, 5.74) is -0.325. The molecule has 21 heavy (non-hydrogen) atoms. The Morgan fingerprint density at radius 1 is 1.43 bits per heavy atom. The predicted molar refractivity (Wildman–Crippen MR) is 78.4 cm³/mol. The highest BCUT2D eigenvalue weighted by Crippen LogP contribution is 2.09. The molecular weight excluding hydrogens is 275 g/mol. The van der Waals surface area contributed by atoms with Gasteiger partial charge in [0.2, 0.25) is 0 Å². The average Bonchev–Trinajstić information content (AvgIpc) is 2.36. The molecule has 116 valence electrons. The van der Waals surface area contributed by atoms with Crippen LogP contribution < -0.4 is 10.2 Å². The zero-order chi connectivity index (χ0) is 16.0. The first kappa shape index (κ1) is 17.3. The molecule has 0 spiro atoms. The van der Waals surface area contributed by atoms with Crippen LogP contribution in [-0.4, -0.2) is 58.9 Å². The second kappa shape index (κ2) is 7.28. The maximum Gasteiger partial charge on any atom is 0.492 e. The minimum absolute atomic E-state index is 0.182. The standard InChI is InChI=1S/C13H21BN2O5/c1-13(2,3)21-12(17)16(4)7-8-20-11-9-15-6-5-10(11)14(18)19/h5-6,9,18-19H,7-8H2,1-4H3. The Bertz CT molecular complexity index is 476. The number of aromatic nitrogens is 1. The second-order valence-corrected chi connectivity index (χ2v) is 5.54. The molecule has 7 nitrogen and oxygen atoms in total. The molecule has 0 aromatic carbocycles. The summed E-state index contributed by atoms with van der Waals surface area (Å²) in [4.78, 5) is 17.0. The smallest absolute Gasteiger partial charge is 0.490 e. The number of hydrogen-bond donors (Lipinski definition) is 2. The van der Waals surface area contributed by atoms with Crippen molar-refractivity contribution in [3.63, 3.8) is 0 Å².